The number of nitrogens with two attached hydrogens (primary N) is 1. The zero-order chi connectivity index (χ0) is 12.8. The van der Waals surface area contributed by atoms with Crippen molar-refractivity contribution in [2.24, 2.45) is 11.7 Å². The monoisotopic (exact) mass is 255 g/mol. The van der Waals surface area contributed by atoms with Gasteiger partial charge in [-0.25, -0.2) is 0 Å². The first-order chi connectivity index (χ1) is 8.83. The first kappa shape index (κ1) is 14.3. The average Bonchev–Trinajstić information content (AvgIpc) is 2.90. The van der Waals surface area contributed by atoms with Gasteiger partial charge in [-0.1, -0.05) is 6.92 Å². The van der Waals surface area contributed by atoms with Crippen LogP contribution >= 0.6 is 0 Å². The summed E-state index contributed by atoms with van der Waals surface area (Å²) in [5.74, 6) is 0.780. The van der Waals surface area contributed by atoms with E-state index in [1.54, 1.807) is 0 Å². The highest BCUT2D eigenvalue weighted by Gasteiger charge is 2.25. The normalized spacial score (nSPS) is 28.7. The molecule has 0 aromatic rings. The number of rotatable bonds is 6. The van der Waals surface area contributed by atoms with Crippen LogP contribution in [0.5, 0.6) is 0 Å². The number of piperazine rings is 1. The van der Waals surface area contributed by atoms with Crippen molar-refractivity contribution in [2.45, 2.75) is 32.2 Å². The van der Waals surface area contributed by atoms with Crippen molar-refractivity contribution in [2.75, 3.05) is 52.5 Å². The van der Waals surface area contributed by atoms with Gasteiger partial charge in [0, 0.05) is 45.4 Å². The van der Waals surface area contributed by atoms with Crippen molar-refractivity contribution < 1.29 is 4.74 Å². The van der Waals surface area contributed by atoms with Crippen LogP contribution in [0.15, 0.2) is 0 Å². The van der Waals surface area contributed by atoms with E-state index in [9.17, 15) is 0 Å². The zero-order valence-electron chi connectivity index (χ0n) is 11.8. The molecule has 2 heterocycles. The van der Waals surface area contributed by atoms with Gasteiger partial charge in [-0.15, -0.1) is 0 Å². The summed E-state index contributed by atoms with van der Waals surface area (Å²) in [6.07, 6.45) is 3.63. The molecule has 2 fully saturated rings. The largest absolute Gasteiger partial charge is 0.381 e. The average molecular weight is 255 g/mol. The number of ether oxygens (including phenoxy) is 1. The molecular formula is C14H29N3O. The topological polar surface area (TPSA) is 41.7 Å². The second-order valence-electron chi connectivity index (χ2n) is 5.71. The second-order valence-corrected chi connectivity index (χ2v) is 5.71. The van der Waals surface area contributed by atoms with E-state index in [2.05, 4.69) is 16.7 Å². The highest BCUT2D eigenvalue weighted by molar-refractivity contribution is 4.80. The van der Waals surface area contributed by atoms with Gasteiger partial charge < -0.3 is 15.4 Å². The minimum atomic E-state index is 0.701. The highest BCUT2D eigenvalue weighted by atomic mass is 16.5. The fraction of sp³-hybridized carbons (Fsp3) is 1.00. The van der Waals surface area contributed by atoms with Crippen LogP contribution in [0, 0.1) is 5.92 Å². The molecule has 0 aromatic heterocycles. The molecule has 2 aliphatic rings. The third-order valence-corrected chi connectivity index (χ3v) is 4.43. The van der Waals surface area contributed by atoms with E-state index in [-0.39, 0.29) is 0 Å². The molecule has 2 rings (SSSR count). The van der Waals surface area contributed by atoms with Crippen molar-refractivity contribution in [1.29, 1.82) is 0 Å². The van der Waals surface area contributed by atoms with E-state index in [1.807, 2.05) is 0 Å². The van der Waals surface area contributed by atoms with Crippen molar-refractivity contribution >= 4 is 0 Å². The van der Waals surface area contributed by atoms with Crippen molar-refractivity contribution in [3.63, 3.8) is 0 Å². The van der Waals surface area contributed by atoms with Crippen LogP contribution in [0.1, 0.15) is 26.2 Å². The van der Waals surface area contributed by atoms with Crippen LogP contribution in [-0.4, -0.2) is 68.3 Å². The minimum absolute atomic E-state index is 0.701. The van der Waals surface area contributed by atoms with Crippen LogP contribution in [0.25, 0.3) is 0 Å². The van der Waals surface area contributed by atoms with Crippen LogP contribution in [-0.2, 0) is 4.74 Å². The molecule has 2 saturated heterocycles. The lowest BCUT2D eigenvalue weighted by molar-refractivity contribution is 0.0788. The first-order valence-corrected chi connectivity index (χ1v) is 7.57. The van der Waals surface area contributed by atoms with Gasteiger partial charge in [0.2, 0.25) is 0 Å². The summed E-state index contributed by atoms with van der Waals surface area (Å²) in [6.45, 7) is 11.2. The lowest BCUT2D eigenvalue weighted by Crippen LogP contribution is -2.51. The summed E-state index contributed by atoms with van der Waals surface area (Å²) < 4.78 is 5.46. The third-order valence-electron chi connectivity index (χ3n) is 4.43. The maximum Gasteiger partial charge on any atom is 0.0507 e. The van der Waals surface area contributed by atoms with Crippen LogP contribution in [0.2, 0.25) is 0 Å². The van der Waals surface area contributed by atoms with Crippen molar-refractivity contribution in [3.8, 4) is 0 Å². The Labute approximate surface area is 111 Å². The van der Waals surface area contributed by atoms with Crippen LogP contribution < -0.4 is 5.73 Å². The van der Waals surface area contributed by atoms with Gasteiger partial charge in [-0.3, -0.25) is 4.90 Å². The zero-order valence-corrected chi connectivity index (χ0v) is 11.8. The third kappa shape index (κ3) is 3.92. The van der Waals surface area contributed by atoms with Crippen LogP contribution in [0.4, 0.5) is 0 Å². The molecule has 2 aliphatic heterocycles. The molecule has 0 saturated carbocycles. The van der Waals surface area contributed by atoms with Gasteiger partial charge in [0.05, 0.1) is 6.61 Å². The SMILES string of the molecule is CCC(CCN)N1CCN(CC2CCOC2)CC1. The van der Waals surface area contributed by atoms with Gasteiger partial charge in [0.25, 0.3) is 0 Å². The molecule has 4 heteroatoms. The van der Waals surface area contributed by atoms with E-state index in [4.69, 9.17) is 10.5 Å². The molecule has 0 aromatic carbocycles. The molecule has 106 valence electrons. The van der Waals surface area contributed by atoms with E-state index < -0.39 is 0 Å². The minimum Gasteiger partial charge on any atom is -0.381 e. The van der Waals surface area contributed by atoms with Gasteiger partial charge in [-0.05, 0) is 31.7 Å². The Balaban J connectivity index is 1.69. The van der Waals surface area contributed by atoms with E-state index in [0.717, 1.165) is 32.1 Å². The van der Waals surface area contributed by atoms with E-state index in [1.165, 1.54) is 45.6 Å². The lowest BCUT2D eigenvalue weighted by Gasteiger charge is -2.39. The summed E-state index contributed by atoms with van der Waals surface area (Å²) in [4.78, 5) is 5.25. The summed E-state index contributed by atoms with van der Waals surface area (Å²) in [6, 6.07) is 0.701. The molecule has 2 atom stereocenters. The Morgan fingerprint density at radius 3 is 2.61 bits per heavy atom. The molecule has 4 nitrogen and oxygen atoms in total. The molecule has 2 N–H and O–H groups in total. The maximum atomic E-state index is 5.70. The molecule has 0 radical (unpaired) electrons. The van der Waals surface area contributed by atoms with Gasteiger partial charge in [0.15, 0.2) is 0 Å². The van der Waals surface area contributed by atoms with E-state index >= 15 is 0 Å². The summed E-state index contributed by atoms with van der Waals surface area (Å²) >= 11 is 0. The molecule has 18 heavy (non-hydrogen) atoms. The summed E-state index contributed by atoms with van der Waals surface area (Å²) in [5.41, 5.74) is 5.70. The Morgan fingerprint density at radius 2 is 2.06 bits per heavy atom. The number of hydrogen-bond acceptors (Lipinski definition) is 4. The molecule has 0 aliphatic carbocycles. The standard InChI is InChI=1S/C14H29N3O/c1-2-14(3-5-15)17-8-6-16(7-9-17)11-13-4-10-18-12-13/h13-14H,2-12,15H2,1H3. The quantitative estimate of drug-likeness (QED) is 0.761. The van der Waals surface area contributed by atoms with Crippen molar-refractivity contribution in [3.05, 3.63) is 0 Å². The summed E-state index contributed by atoms with van der Waals surface area (Å²) in [7, 11) is 0. The molecule has 0 amide bonds. The Hall–Kier alpha value is -0.160. The van der Waals surface area contributed by atoms with Crippen LogP contribution in [0.3, 0.4) is 0 Å². The maximum absolute atomic E-state index is 5.70. The van der Waals surface area contributed by atoms with Gasteiger partial charge >= 0.3 is 0 Å². The van der Waals surface area contributed by atoms with E-state index in [0.29, 0.717) is 6.04 Å². The Morgan fingerprint density at radius 1 is 1.28 bits per heavy atom. The Kier molecular flexibility index (Phi) is 5.89. The summed E-state index contributed by atoms with van der Waals surface area (Å²) in [5, 5.41) is 0. The number of nitrogens with zero attached hydrogens (tertiary/aromatic N) is 2. The van der Waals surface area contributed by atoms with Gasteiger partial charge in [-0.2, -0.15) is 0 Å². The molecular weight excluding hydrogens is 226 g/mol. The highest BCUT2D eigenvalue weighted by Crippen LogP contribution is 2.17. The number of hydrogen-bond donors (Lipinski definition) is 1. The fourth-order valence-electron chi connectivity index (χ4n) is 3.24. The fourth-order valence-corrected chi connectivity index (χ4v) is 3.24. The smallest absolute Gasteiger partial charge is 0.0507 e. The van der Waals surface area contributed by atoms with Crippen molar-refractivity contribution in [1.82, 2.24) is 9.80 Å². The molecule has 0 spiro atoms. The predicted molar refractivity (Wildman–Crippen MR) is 74.7 cm³/mol. The first-order valence-electron chi connectivity index (χ1n) is 7.57. The molecule has 0 bridgehead atoms. The Bertz CT molecular complexity index is 223. The molecule has 2 unspecified atom stereocenters. The second kappa shape index (κ2) is 7.43. The van der Waals surface area contributed by atoms with Gasteiger partial charge in [0.1, 0.15) is 0 Å². The predicted octanol–water partition coefficient (Wildman–Crippen LogP) is 0.768. The lowest BCUT2D eigenvalue weighted by atomic mass is 10.1.